The zero-order valence-electron chi connectivity index (χ0n) is 15.8. The molecule has 9 heteroatoms. The average Bonchev–Trinajstić information content (AvgIpc) is 3.15. The van der Waals surface area contributed by atoms with Gasteiger partial charge in [0, 0.05) is 32.5 Å². The number of amides is 1. The van der Waals surface area contributed by atoms with Crippen LogP contribution in [-0.4, -0.2) is 49.8 Å². The number of benzene rings is 1. The number of imidazole rings is 1. The zero-order valence-corrected chi connectivity index (χ0v) is 16.6. The average molecular weight is 394 g/mol. The van der Waals surface area contributed by atoms with Crippen LogP contribution in [0, 0.1) is 0 Å². The monoisotopic (exact) mass is 394 g/mol. The van der Waals surface area contributed by atoms with Gasteiger partial charge in [0.25, 0.3) is 5.91 Å². The van der Waals surface area contributed by atoms with Gasteiger partial charge < -0.3 is 14.6 Å². The Kier molecular flexibility index (Phi) is 7.23. The molecule has 1 unspecified atom stereocenters. The summed E-state index contributed by atoms with van der Waals surface area (Å²) in [5, 5.41) is 2.88. The normalized spacial score (nSPS) is 12.4. The van der Waals surface area contributed by atoms with Gasteiger partial charge in [-0.15, -0.1) is 0 Å². The van der Waals surface area contributed by atoms with Crippen molar-refractivity contribution in [3.05, 3.63) is 43.0 Å². The van der Waals surface area contributed by atoms with Gasteiger partial charge in [0.2, 0.25) is 10.0 Å². The molecular formula is C18H26N4O4S. The van der Waals surface area contributed by atoms with Crippen LogP contribution in [0.1, 0.15) is 19.8 Å². The van der Waals surface area contributed by atoms with Gasteiger partial charge in [-0.25, -0.2) is 13.4 Å². The predicted octanol–water partition coefficient (Wildman–Crippen LogP) is 1.64. The molecule has 1 N–H and O–H groups in total. The summed E-state index contributed by atoms with van der Waals surface area (Å²) < 4.78 is 32.0. The molecule has 0 aliphatic rings. The molecule has 1 aromatic heterocycles. The molecule has 1 aromatic carbocycles. The highest BCUT2D eigenvalue weighted by Gasteiger charge is 2.18. The van der Waals surface area contributed by atoms with Gasteiger partial charge >= 0.3 is 0 Å². The van der Waals surface area contributed by atoms with E-state index in [2.05, 4.69) is 10.3 Å². The van der Waals surface area contributed by atoms with Crippen LogP contribution in [0.25, 0.3) is 0 Å². The SMILES string of the molecule is CCC(Oc1ccc(N(C)S(C)(=O)=O)cc1)C(=O)NCCCn1ccnc1. The minimum absolute atomic E-state index is 0.166. The van der Waals surface area contributed by atoms with Crippen molar-refractivity contribution in [2.24, 2.45) is 0 Å². The van der Waals surface area contributed by atoms with Crippen LogP contribution in [0.3, 0.4) is 0 Å². The van der Waals surface area contributed by atoms with Crippen molar-refractivity contribution in [1.82, 2.24) is 14.9 Å². The van der Waals surface area contributed by atoms with Gasteiger partial charge in [-0.1, -0.05) is 6.92 Å². The van der Waals surface area contributed by atoms with E-state index in [0.717, 1.165) is 19.2 Å². The third-order valence-electron chi connectivity index (χ3n) is 4.09. The molecule has 2 aromatic rings. The molecule has 0 spiro atoms. The highest BCUT2D eigenvalue weighted by atomic mass is 32.2. The van der Waals surface area contributed by atoms with Crippen LogP contribution < -0.4 is 14.4 Å². The first-order valence-electron chi connectivity index (χ1n) is 8.75. The van der Waals surface area contributed by atoms with Crippen LogP contribution in [0.4, 0.5) is 5.69 Å². The van der Waals surface area contributed by atoms with E-state index in [0.29, 0.717) is 24.4 Å². The fourth-order valence-electron chi connectivity index (χ4n) is 2.42. The minimum atomic E-state index is -3.32. The van der Waals surface area contributed by atoms with Crippen LogP contribution in [0.2, 0.25) is 0 Å². The molecule has 0 aliphatic heterocycles. The summed E-state index contributed by atoms with van der Waals surface area (Å²) in [5.74, 6) is 0.349. The van der Waals surface area contributed by atoms with Crippen molar-refractivity contribution in [3.8, 4) is 5.75 Å². The minimum Gasteiger partial charge on any atom is -0.481 e. The second kappa shape index (κ2) is 9.40. The third-order valence-corrected chi connectivity index (χ3v) is 5.30. The summed E-state index contributed by atoms with van der Waals surface area (Å²) >= 11 is 0. The quantitative estimate of drug-likeness (QED) is 0.619. The van der Waals surface area contributed by atoms with Gasteiger partial charge in [-0.2, -0.15) is 0 Å². The smallest absolute Gasteiger partial charge is 0.261 e. The fourth-order valence-corrected chi connectivity index (χ4v) is 2.92. The third kappa shape index (κ3) is 6.28. The molecule has 1 amide bonds. The van der Waals surface area contributed by atoms with Crippen LogP contribution >= 0.6 is 0 Å². The Balaban J connectivity index is 1.85. The molecule has 148 valence electrons. The lowest BCUT2D eigenvalue weighted by Gasteiger charge is -2.19. The maximum atomic E-state index is 12.3. The molecule has 0 radical (unpaired) electrons. The number of anilines is 1. The lowest BCUT2D eigenvalue weighted by Crippen LogP contribution is -2.38. The number of aromatic nitrogens is 2. The molecule has 0 bridgehead atoms. The van der Waals surface area contributed by atoms with Crippen molar-refractivity contribution < 1.29 is 17.9 Å². The van der Waals surface area contributed by atoms with Crippen molar-refractivity contribution in [1.29, 1.82) is 0 Å². The summed E-state index contributed by atoms with van der Waals surface area (Å²) in [4.78, 5) is 16.3. The maximum Gasteiger partial charge on any atom is 0.261 e. The Hall–Kier alpha value is -2.55. The maximum absolute atomic E-state index is 12.3. The molecule has 27 heavy (non-hydrogen) atoms. The van der Waals surface area contributed by atoms with E-state index >= 15 is 0 Å². The largest absolute Gasteiger partial charge is 0.481 e. The molecule has 1 heterocycles. The number of sulfonamides is 1. The van der Waals surface area contributed by atoms with E-state index in [4.69, 9.17) is 4.74 Å². The molecule has 0 saturated carbocycles. The summed E-state index contributed by atoms with van der Waals surface area (Å²) in [7, 11) is -1.83. The van der Waals surface area contributed by atoms with E-state index < -0.39 is 16.1 Å². The Morgan fingerprint density at radius 3 is 2.59 bits per heavy atom. The molecule has 0 aliphatic carbocycles. The Labute approximate surface area is 160 Å². The number of carbonyl (C=O) groups is 1. The number of hydrogen-bond donors (Lipinski definition) is 1. The second-order valence-electron chi connectivity index (χ2n) is 6.18. The Morgan fingerprint density at radius 2 is 2.04 bits per heavy atom. The number of nitrogens with one attached hydrogen (secondary N) is 1. The van der Waals surface area contributed by atoms with E-state index in [9.17, 15) is 13.2 Å². The highest BCUT2D eigenvalue weighted by Crippen LogP contribution is 2.21. The number of aryl methyl sites for hydroxylation is 1. The number of nitrogens with zero attached hydrogens (tertiary/aromatic N) is 3. The zero-order chi connectivity index (χ0) is 19.9. The lowest BCUT2D eigenvalue weighted by molar-refractivity contribution is -0.128. The van der Waals surface area contributed by atoms with Crippen molar-refractivity contribution >= 4 is 21.6 Å². The summed E-state index contributed by atoms with van der Waals surface area (Å²) in [6, 6.07) is 6.61. The molecule has 1 atom stereocenters. The van der Waals surface area contributed by atoms with E-state index in [1.54, 1.807) is 36.8 Å². The lowest BCUT2D eigenvalue weighted by atomic mass is 10.2. The second-order valence-corrected chi connectivity index (χ2v) is 8.20. The highest BCUT2D eigenvalue weighted by molar-refractivity contribution is 7.92. The first-order valence-corrected chi connectivity index (χ1v) is 10.6. The first kappa shape index (κ1) is 20.8. The van der Waals surface area contributed by atoms with E-state index in [1.807, 2.05) is 17.7 Å². The molecule has 0 saturated heterocycles. The van der Waals surface area contributed by atoms with Gasteiger partial charge in [-0.05, 0) is 37.1 Å². The number of rotatable bonds is 10. The van der Waals surface area contributed by atoms with Crippen LogP contribution in [0.15, 0.2) is 43.0 Å². The topological polar surface area (TPSA) is 93.5 Å². The predicted molar refractivity (Wildman–Crippen MR) is 104 cm³/mol. The summed E-state index contributed by atoms with van der Waals surface area (Å²) in [6.07, 6.45) is 7.20. The number of hydrogen-bond acceptors (Lipinski definition) is 5. The van der Waals surface area contributed by atoms with E-state index in [-0.39, 0.29) is 5.91 Å². The van der Waals surface area contributed by atoms with Gasteiger partial charge in [0.15, 0.2) is 6.10 Å². The van der Waals surface area contributed by atoms with Crippen molar-refractivity contribution in [3.63, 3.8) is 0 Å². The summed E-state index contributed by atoms with van der Waals surface area (Å²) in [6.45, 7) is 3.21. The van der Waals surface area contributed by atoms with Crippen LogP contribution in [0.5, 0.6) is 5.75 Å². The standard InChI is InChI=1S/C18H26N4O4S/c1-4-17(18(23)20-10-5-12-22-13-11-19-14-22)26-16-8-6-15(7-9-16)21(2)27(3,24)25/h6-9,11,13-14,17H,4-5,10,12H2,1-3H3,(H,20,23). The molecular weight excluding hydrogens is 368 g/mol. The Bertz CT molecular complexity index is 820. The van der Waals surface area contributed by atoms with Crippen molar-refractivity contribution in [2.75, 3.05) is 24.2 Å². The molecule has 2 rings (SSSR count). The summed E-state index contributed by atoms with van der Waals surface area (Å²) in [5.41, 5.74) is 0.529. The molecule has 8 nitrogen and oxygen atoms in total. The van der Waals surface area contributed by atoms with Crippen molar-refractivity contribution in [2.45, 2.75) is 32.4 Å². The first-order chi connectivity index (χ1) is 12.8. The molecule has 0 fully saturated rings. The number of ether oxygens (including phenoxy) is 1. The Morgan fingerprint density at radius 1 is 1.33 bits per heavy atom. The van der Waals surface area contributed by atoms with Gasteiger partial charge in [-0.3, -0.25) is 9.10 Å². The van der Waals surface area contributed by atoms with E-state index in [1.165, 1.54) is 11.4 Å². The van der Waals surface area contributed by atoms with Gasteiger partial charge in [0.05, 0.1) is 18.3 Å². The fraction of sp³-hybridized carbons (Fsp3) is 0.444. The van der Waals surface area contributed by atoms with Crippen LogP contribution in [-0.2, 0) is 21.4 Å². The van der Waals surface area contributed by atoms with Gasteiger partial charge in [0.1, 0.15) is 5.75 Å². The number of carbonyl (C=O) groups excluding carboxylic acids is 1.